The summed E-state index contributed by atoms with van der Waals surface area (Å²) in [7, 11) is -2.30. The normalized spacial score (nSPS) is 11.3. The Morgan fingerprint density at radius 3 is 2.03 bits per heavy atom. The molecular formula is C26H34SSi2. The highest BCUT2D eigenvalue weighted by Gasteiger charge is 2.12. The van der Waals surface area contributed by atoms with E-state index < -0.39 is 16.1 Å². The van der Waals surface area contributed by atoms with Gasteiger partial charge in [-0.3, -0.25) is 0 Å². The van der Waals surface area contributed by atoms with Crippen LogP contribution in [0.25, 0.3) is 0 Å². The van der Waals surface area contributed by atoms with Crippen LogP contribution in [0.15, 0.2) is 47.4 Å². The van der Waals surface area contributed by atoms with Crippen molar-refractivity contribution in [1.29, 1.82) is 0 Å². The first-order valence-corrected chi connectivity index (χ1v) is 18.7. The Morgan fingerprint density at radius 1 is 0.793 bits per heavy atom. The smallest absolute Gasteiger partial charge is 0.127 e. The van der Waals surface area contributed by atoms with Crippen molar-refractivity contribution in [2.75, 3.05) is 5.75 Å². The third-order valence-corrected chi connectivity index (χ3v) is 8.39. The standard InChI is InChI=1S/C26H34SSi2/c1-8-24-21-23(17-19-28(2,3)4)10-14-25(24)13-9-22-11-15-26(16-12-22)27-18-20-29(5,6)7/h10-12,14-16,21H,8,18,20H2,1-7H3. The van der Waals surface area contributed by atoms with Crippen molar-refractivity contribution in [1.82, 2.24) is 0 Å². The van der Waals surface area contributed by atoms with Crippen LogP contribution in [0.1, 0.15) is 29.2 Å². The molecule has 0 amide bonds. The van der Waals surface area contributed by atoms with Gasteiger partial charge in [0.25, 0.3) is 0 Å². The van der Waals surface area contributed by atoms with E-state index in [0.29, 0.717) is 0 Å². The maximum Gasteiger partial charge on any atom is 0.129 e. The first-order chi connectivity index (χ1) is 13.6. The molecule has 29 heavy (non-hydrogen) atoms. The molecule has 0 aromatic heterocycles. The molecule has 2 rings (SSSR count). The lowest BCUT2D eigenvalue weighted by Gasteiger charge is -2.14. The summed E-state index contributed by atoms with van der Waals surface area (Å²) in [6.07, 6.45) is 0.971. The van der Waals surface area contributed by atoms with Gasteiger partial charge in [-0.2, -0.15) is 0 Å². The summed E-state index contributed by atoms with van der Waals surface area (Å²) in [5.74, 6) is 11.3. The summed E-state index contributed by atoms with van der Waals surface area (Å²) in [6.45, 7) is 16.3. The third kappa shape index (κ3) is 9.13. The molecule has 0 aliphatic rings. The van der Waals surface area contributed by atoms with Crippen LogP contribution in [0.5, 0.6) is 0 Å². The van der Waals surface area contributed by atoms with Crippen LogP contribution in [-0.4, -0.2) is 21.9 Å². The van der Waals surface area contributed by atoms with Gasteiger partial charge in [0.2, 0.25) is 0 Å². The Balaban J connectivity index is 2.09. The quantitative estimate of drug-likeness (QED) is 0.270. The lowest BCUT2D eigenvalue weighted by atomic mass is 10.0. The minimum absolute atomic E-state index is 0.950. The van der Waals surface area contributed by atoms with Crippen molar-refractivity contribution in [2.24, 2.45) is 0 Å². The summed E-state index contributed by atoms with van der Waals surface area (Å²) in [5, 5.41) is 0. The second kappa shape index (κ2) is 10.4. The number of hydrogen-bond acceptors (Lipinski definition) is 1. The van der Waals surface area contributed by atoms with Crippen LogP contribution in [0.3, 0.4) is 0 Å². The molecule has 152 valence electrons. The van der Waals surface area contributed by atoms with Crippen molar-refractivity contribution in [3.05, 3.63) is 64.7 Å². The average Bonchev–Trinajstić information content (AvgIpc) is 2.64. The summed E-state index contributed by atoms with van der Waals surface area (Å²) in [6, 6.07) is 16.5. The largest absolute Gasteiger partial charge is 0.129 e. The Labute approximate surface area is 184 Å². The predicted octanol–water partition coefficient (Wildman–Crippen LogP) is 7.31. The van der Waals surface area contributed by atoms with Crippen LogP contribution in [0, 0.1) is 23.3 Å². The number of hydrogen-bond donors (Lipinski definition) is 0. The summed E-state index contributed by atoms with van der Waals surface area (Å²) in [5.41, 5.74) is 8.01. The molecule has 0 atom stereocenters. The van der Waals surface area contributed by atoms with Crippen LogP contribution >= 0.6 is 11.8 Å². The van der Waals surface area contributed by atoms with Gasteiger partial charge in [-0.15, -0.1) is 17.3 Å². The molecule has 0 N–H and O–H groups in total. The molecular weight excluding hydrogens is 401 g/mol. The maximum absolute atomic E-state index is 3.45. The molecule has 3 heteroatoms. The minimum Gasteiger partial charge on any atom is -0.127 e. The third-order valence-electron chi connectivity index (χ3n) is 4.38. The molecule has 0 fully saturated rings. The van der Waals surface area contributed by atoms with E-state index in [1.54, 1.807) is 0 Å². The van der Waals surface area contributed by atoms with Gasteiger partial charge in [0, 0.05) is 29.7 Å². The van der Waals surface area contributed by atoms with Gasteiger partial charge >= 0.3 is 0 Å². The van der Waals surface area contributed by atoms with E-state index in [9.17, 15) is 0 Å². The van der Waals surface area contributed by atoms with Gasteiger partial charge < -0.3 is 0 Å². The molecule has 2 aromatic rings. The molecule has 0 nitrogen and oxygen atoms in total. The second-order valence-electron chi connectivity index (χ2n) is 9.66. The van der Waals surface area contributed by atoms with E-state index in [2.05, 4.69) is 112 Å². The highest BCUT2D eigenvalue weighted by atomic mass is 32.2. The molecule has 0 spiro atoms. The number of benzene rings is 2. The molecule has 0 aliphatic heterocycles. The number of aryl methyl sites for hydroxylation is 1. The monoisotopic (exact) mass is 434 g/mol. The van der Waals surface area contributed by atoms with Crippen LogP contribution in [0.2, 0.25) is 45.3 Å². The van der Waals surface area contributed by atoms with E-state index in [0.717, 1.165) is 23.1 Å². The minimum atomic E-state index is -1.35. The predicted molar refractivity (Wildman–Crippen MR) is 137 cm³/mol. The van der Waals surface area contributed by atoms with Gasteiger partial charge in [0.15, 0.2) is 0 Å². The van der Waals surface area contributed by atoms with Crippen molar-refractivity contribution in [3.63, 3.8) is 0 Å². The Bertz CT molecular complexity index is 937. The Hall–Kier alpha value is -1.66. The fourth-order valence-electron chi connectivity index (χ4n) is 2.59. The highest BCUT2D eigenvalue weighted by Crippen LogP contribution is 2.22. The Kier molecular flexibility index (Phi) is 8.47. The zero-order valence-electron chi connectivity index (χ0n) is 19.1. The van der Waals surface area contributed by atoms with E-state index >= 15 is 0 Å². The van der Waals surface area contributed by atoms with Crippen molar-refractivity contribution in [3.8, 4) is 23.3 Å². The zero-order chi connectivity index (χ0) is 21.5. The van der Waals surface area contributed by atoms with Crippen LogP contribution < -0.4 is 0 Å². The van der Waals surface area contributed by atoms with Gasteiger partial charge in [-0.05, 0) is 66.2 Å². The van der Waals surface area contributed by atoms with Crippen LogP contribution in [0.4, 0.5) is 0 Å². The molecule has 0 saturated heterocycles. The highest BCUT2D eigenvalue weighted by molar-refractivity contribution is 7.99. The first kappa shape index (κ1) is 23.6. The topological polar surface area (TPSA) is 0 Å². The van der Waals surface area contributed by atoms with Crippen molar-refractivity contribution < 1.29 is 0 Å². The van der Waals surface area contributed by atoms with Gasteiger partial charge in [-0.25, -0.2) is 0 Å². The molecule has 0 heterocycles. The molecule has 0 bridgehead atoms. The van der Waals surface area contributed by atoms with E-state index in [1.807, 2.05) is 11.8 Å². The molecule has 0 aliphatic carbocycles. The second-order valence-corrected chi connectivity index (χ2v) is 21.2. The van der Waals surface area contributed by atoms with E-state index in [-0.39, 0.29) is 0 Å². The van der Waals surface area contributed by atoms with Gasteiger partial charge in [0.05, 0.1) is 0 Å². The lowest BCUT2D eigenvalue weighted by Crippen LogP contribution is -2.19. The SMILES string of the molecule is CCc1cc(C#C[Si](C)(C)C)ccc1C#Cc1ccc(SCC[Si](C)(C)C)cc1. The van der Waals surface area contributed by atoms with Crippen molar-refractivity contribution in [2.45, 2.75) is 63.6 Å². The van der Waals surface area contributed by atoms with E-state index in [4.69, 9.17) is 0 Å². The Morgan fingerprint density at radius 2 is 1.45 bits per heavy atom. The zero-order valence-corrected chi connectivity index (χ0v) is 21.9. The van der Waals surface area contributed by atoms with Gasteiger partial charge in [0.1, 0.15) is 8.07 Å². The maximum atomic E-state index is 3.45. The van der Waals surface area contributed by atoms with Gasteiger partial charge in [-0.1, -0.05) is 64.0 Å². The molecule has 0 saturated carbocycles. The first-order valence-electron chi connectivity index (χ1n) is 10.5. The molecule has 0 unspecified atom stereocenters. The fourth-order valence-corrected chi connectivity index (χ4v) is 6.54. The van der Waals surface area contributed by atoms with Crippen LogP contribution in [-0.2, 0) is 6.42 Å². The number of thioether (sulfide) groups is 1. The van der Waals surface area contributed by atoms with Crippen molar-refractivity contribution >= 4 is 27.9 Å². The molecule has 2 aromatic carbocycles. The van der Waals surface area contributed by atoms with E-state index in [1.165, 1.54) is 22.3 Å². The summed E-state index contributed by atoms with van der Waals surface area (Å²) in [4.78, 5) is 1.34. The summed E-state index contributed by atoms with van der Waals surface area (Å²) >= 11 is 1.96. The number of rotatable bonds is 5. The molecule has 0 radical (unpaired) electrons. The lowest BCUT2D eigenvalue weighted by molar-refractivity contribution is 1.13. The fraction of sp³-hybridized carbons (Fsp3) is 0.385. The average molecular weight is 435 g/mol. The summed E-state index contributed by atoms with van der Waals surface area (Å²) < 4.78 is 0.